The molecule has 1 aromatic heterocycles. The van der Waals surface area contributed by atoms with Crippen molar-refractivity contribution in [3.8, 4) is 0 Å². The van der Waals surface area contributed by atoms with Crippen molar-refractivity contribution in [1.82, 2.24) is 20.0 Å². The monoisotopic (exact) mass is 368 g/mol. The number of nitrogens with two attached hydrogens (primary N) is 1. The molecule has 2 aliphatic heterocycles. The molecule has 0 saturated carbocycles. The molecule has 3 heterocycles. The summed E-state index contributed by atoms with van der Waals surface area (Å²) in [6.07, 6.45) is 0.814. The summed E-state index contributed by atoms with van der Waals surface area (Å²) in [5.41, 5.74) is 5.14. The van der Waals surface area contributed by atoms with Gasteiger partial charge in [0, 0.05) is 18.5 Å². The van der Waals surface area contributed by atoms with E-state index in [1.54, 1.807) is 17.0 Å². The second-order valence-corrected chi connectivity index (χ2v) is 6.96. The summed E-state index contributed by atoms with van der Waals surface area (Å²) in [6, 6.07) is 7.22. The zero-order chi connectivity index (χ0) is 19.2. The average Bonchev–Trinajstić information content (AvgIpc) is 2.93. The van der Waals surface area contributed by atoms with Crippen molar-refractivity contribution in [1.29, 1.82) is 0 Å². The Balaban J connectivity index is 1.51. The molecule has 4 rings (SSSR count). The molecule has 140 valence electrons. The maximum atomic E-state index is 12.7. The lowest BCUT2D eigenvalue weighted by atomic mass is 9.88. The lowest BCUT2D eigenvalue weighted by Crippen LogP contribution is -2.51. The molecular weight excluding hydrogens is 348 g/mol. The molecule has 1 fully saturated rings. The van der Waals surface area contributed by atoms with Gasteiger partial charge >= 0.3 is 0 Å². The van der Waals surface area contributed by atoms with Crippen LogP contribution in [0.1, 0.15) is 18.5 Å². The van der Waals surface area contributed by atoms with Crippen LogP contribution in [0.25, 0.3) is 10.8 Å². The number of aliphatic imine (C=N–C) groups is 1. The minimum absolute atomic E-state index is 0.127. The highest BCUT2D eigenvalue weighted by atomic mass is 16.2. The molecule has 2 amide bonds. The van der Waals surface area contributed by atoms with Crippen molar-refractivity contribution in [2.75, 3.05) is 13.1 Å². The van der Waals surface area contributed by atoms with Gasteiger partial charge in [0.25, 0.3) is 11.5 Å². The van der Waals surface area contributed by atoms with Gasteiger partial charge in [-0.1, -0.05) is 18.2 Å². The third-order valence-electron chi connectivity index (χ3n) is 5.28. The fourth-order valence-electron chi connectivity index (χ4n) is 3.75. The Labute approximate surface area is 154 Å². The van der Waals surface area contributed by atoms with Gasteiger partial charge in [-0.05, 0) is 25.8 Å². The minimum atomic E-state index is -0.866. The number of carbonyl (C=O) groups is 2. The van der Waals surface area contributed by atoms with Crippen LogP contribution in [0.3, 0.4) is 0 Å². The molecule has 3 N–H and O–H groups in total. The molecule has 1 aromatic carbocycles. The van der Waals surface area contributed by atoms with E-state index in [1.807, 2.05) is 19.1 Å². The summed E-state index contributed by atoms with van der Waals surface area (Å²) in [7, 11) is 0. The van der Waals surface area contributed by atoms with Gasteiger partial charge in [0.05, 0.1) is 11.1 Å². The summed E-state index contributed by atoms with van der Waals surface area (Å²) in [5.74, 6) is -0.290. The number of rotatable bonds is 2. The number of aryl methyl sites for hydroxylation is 1. The number of hydrogen-bond acceptors (Lipinski definition) is 6. The molecule has 1 saturated heterocycles. The molecule has 1 spiro atoms. The first-order chi connectivity index (χ1) is 12.9. The first-order valence-electron chi connectivity index (χ1n) is 8.81. The van der Waals surface area contributed by atoms with E-state index in [0.29, 0.717) is 37.0 Å². The summed E-state index contributed by atoms with van der Waals surface area (Å²) in [4.78, 5) is 43.2. The summed E-state index contributed by atoms with van der Waals surface area (Å²) in [6.45, 7) is 2.44. The number of likely N-dealkylation sites (tertiary alicyclic amines) is 1. The lowest BCUT2D eigenvalue weighted by molar-refractivity contribution is -0.136. The molecule has 9 heteroatoms. The molecule has 0 aliphatic carbocycles. The Morgan fingerprint density at radius 2 is 1.89 bits per heavy atom. The minimum Gasteiger partial charge on any atom is -0.370 e. The van der Waals surface area contributed by atoms with Crippen LogP contribution in [0.15, 0.2) is 34.1 Å². The van der Waals surface area contributed by atoms with Crippen LogP contribution in [0.4, 0.5) is 0 Å². The zero-order valence-electron chi connectivity index (χ0n) is 14.9. The number of guanidine groups is 1. The number of hydrogen-bond donors (Lipinski definition) is 2. The number of benzene rings is 1. The Bertz CT molecular complexity index is 1030. The first kappa shape index (κ1) is 17.2. The maximum Gasteiger partial charge on any atom is 0.275 e. The van der Waals surface area contributed by atoms with Gasteiger partial charge in [-0.15, -0.1) is 0 Å². The molecule has 2 aromatic rings. The molecular formula is C18H20N6O3. The summed E-state index contributed by atoms with van der Waals surface area (Å²) >= 11 is 0. The van der Waals surface area contributed by atoms with Crippen LogP contribution < -0.4 is 16.6 Å². The van der Waals surface area contributed by atoms with Crippen molar-refractivity contribution >= 4 is 28.5 Å². The number of carbonyl (C=O) groups excluding carboxylic acids is 2. The standard InChI is InChI=1S/C18H20N6O3/c1-11-12-4-2-3-5-13(12)15(26)24(22-11)10-14(25)23-8-6-18(7-9-23)16(27)20-17(19)21-18/h2-5H,6-10H2,1H3,(H3,19,20,21,27). The normalized spacial score (nSPS) is 18.6. The van der Waals surface area contributed by atoms with Gasteiger partial charge in [-0.25, -0.2) is 9.67 Å². The van der Waals surface area contributed by atoms with Gasteiger partial charge in [0.15, 0.2) is 5.96 Å². The van der Waals surface area contributed by atoms with Crippen molar-refractivity contribution in [3.63, 3.8) is 0 Å². The van der Waals surface area contributed by atoms with Gasteiger partial charge in [0.1, 0.15) is 12.1 Å². The number of nitrogens with zero attached hydrogens (tertiary/aromatic N) is 4. The van der Waals surface area contributed by atoms with Crippen LogP contribution in [0.2, 0.25) is 0 Å². The van der Waals surface area contributed by atoms with Crippen molar-refractivity contribution < 1.29 is 9.59 Å². The van der Waals surface area contributed by atoms with E-state index >= 15 is 0 Å². The molecule has 0 unspecified atom stereocenters. The van der Waals surface area contributed by atoms with E-state index in [1.165, 1.54) is 4.68 Å². The van der Waals surface area contributed by atoms with E-state index in [4.69, 9.17) is 5.73 Å². The Morgan fingerprint density at radius 1 is 1.22 bits per heavy atom. The Morgan fingerprint density at radius 3 is 2.52 bits per heavy atom. The average molecular weight is 368 g/mol. The topological polar surface area (TPSA) is 123 Å². The highest BCUT2D eigenvalue weighted by Gasteiger charge is 2.46. The zero-order valence-corrected chi connectivity index (χ0v) is 14.9. The number of fused-ring (bicyclic) bond motifs is 1. The van der Waals surface area contributed by atoms with Crippen LogP contribution in [-0.4, -0.2) is 51.1 Å². The fourth-order valence-corrected chi connectivity index (χ4v) is 3.75. The highest BCUT2D eigenvalue weighted by Crippen LogP contribution is 2.29. The number of piperidine rings is 1. The maximum absolute atomic E-state index is 12.7. The second-order valence-electron chi connectivity index (χ2n) is 6.96. The van der Waals surface area contributed by atoms with Gasteiger partial charge in [0.2, 0.25) is 5.91 Å². The number of nitrogens with one attached hydrogen (secondary N) is 1. The van der Waals surface area contributed by atoms with E-state index < -0.39 is 5.54 Å². The van der Waals surface area contributed by atoms with E-state index in [0.717, 1.165) is 5.39 Å². The quantitative estimate of drug-likeness (QED) is 0.741. The number of aromatic nitrogens is 2. The smallest absolute Gasteiger partial charge is 0.275 e. The number of amides is 2. The van der Waals surface area contributed by atoms with Crippen molar-refractivity contribution in [2.45, 2.75) is 31.8 Å². The van der Waals surface area contributed by atoms with Gasteiger partial charge < -0.3 is 10.6 Å². The van der Waals surface area contributed by atoms with Crippen LogP contribution in [0.5, 0.6) is 0 Å². The van der Waals surface area contributed by atoms with Crippen molar-refractivity contribution in [3.05, 3.63) is 40.3 Å². The molecule has 0 atom stereocenters. The van der Waals surface area contributed by atoms with Gasteiger partial charge in [-0.3, -0.25) is 19.7 Å². The van der Waals surface area contributed by atoms with E-state index in [2.05, 4.69) is 15.4 Å². The Hall–Kier alpha value is -3.23. The summed E-state index contributed by atoms with van der Waals surface area (Å²) in [5, 5.41) is 8.13. The Kier molecular flexibility index (Phi) is 3.94. The molecule has 0 radical (unpaired) electrons. The van der Waals surface area contributed by atoms with Gasteiger partial charge in [-0.2, -0.15) is 5.10 Å². The van der Waals surface area contributed by atoms with Crippen LogP contribution in [-0.2, 0) is 16.1 Å². The first-order valence-corrected chi connectivity index (χ1v) is 8.81. The fraction of sp³-hybridized carbons (Fsp3) is 0.389. The van der Waals surface area contributed by atoms with E-state index in [-0.39, 0.29) is 29.9 Å². The predicted octanol–water partition coefficient (Wildman–Crippen LogP) is -0.489. The SMILES string of the molecule is Cc1nn(CC(=O)N2CCC3(CC2)N=C(N)NC3=O)c(=O)c2ccccc12. The van der Waals surface area contributed by atoms with E-state index in [9.17, 15) is 14.4 Å². The predicted molar refractivity (Wildman–Crippen MR) is 99.1 cm³/mol. The second kappa shape index (κ2) is 6.19. The van der Waals surface area contributed by atoms with Crippen LogP contribution in [0, 0.1) is 6.92 Å². The van der Waals surface area contributed by atoms with Crippen molar-refractivity contribution in [2.24, 2.45) is 10.7 Å². The highest BCUT2D eigenvalue weighted by molar-refractivity contribution is 6.06. The largest absolute Gasteiger partial charge is 0.370 e. The molecule has 2 aliphatic rings. The summed E-state index contributed by atoms with van der Waals surface area (Å²) < 4.78 is 1.21. The lowest BCUT2D eigenvalue weighted by Gasteiger charge is -2.35. The molecule has 0 bridgehead atoms. The van der Waals surface area contributed by atoms with Crippen LogP contribution >= 0.6 is 0 Å². The molecule has 27 heavy (non-hydrogen) atoms. The third kappa shape index (κ3) is 2.84. The molecule has 9 nitrogen and oxygen atoms in total. The third-order valence-corrected chi connectivity index (χ3v) is 5.28.